The van der Waals surface area contributed by atoms with Crippen molar-refractivity contribution in [1.29, 1.82) is 0 Å². The van der Waals surface area contributed by atoms with Crippen LogP contribution in [-0.4, -0.2) is 42.5 Å². The molecule has 1 aromatic heterocycles. The van der Waals surface area contributed by atoms with Gasteiger partial charge in [-0.2, -0.15) is 15.0 Å². The Morgan fingerprint density at radius 2 is 1.68 bits per heavy atom. The second kappa shape index (κ2) is 6.95. The van der Waals surface area contributed by atoms with Gasteiger partial charge in [0.15, 0.2) is 10.6 Å². The Morgan fingerprint density at radius 3 is 2.16 bits per heavy atom. The number of aliphatic hydroxyl groups is 1. The first-order valence-electron chi connectivity index (χ1n) is 5.31. The van der Waals surface area contributed by atoms with Gasteiger partial charge in [0.25, 0.3) is 0 Å². The van der Waals surface area contributed by atoms with Crippen LogP contribution in [-0.2, 0) is 0 Å². The zero-order valence-electron chi connectivity index (χ0n) is 10.2. The van der Waals surface area contributed by atoms with Crippen molar-refractivity contribution in [3.8, 4) is 0 Å². The number of anilines is 2. The van der Waals surface area contributed by atoms with E-state index in [4.69, 9.17) is 46.4 Å². The molecule has 19 heavy (non-hydrogen) atoms. The number of hydrogen-bond donors (Lipinski definition) is 3. The smallest absolute Gasteiger partial charge is 0.230 e. The minimum absolute atomic E-state index is 0.0337. The Hall–Kier alpha value is -0.270. The van der Waals surface area contributed by atoms with Crippen LogP contribution in [0.5, 0.6) is 0 Å². The maximum absolute atomic E-state index is 9.77. The number of hydrogen-bond acceptors (Lipinski definition) is 6. The molecule has 0 aliphatic heterocycles. The molecule has 108 valence electrons. The lowest BCUT2D eigenvalue weighted by Gasteiger charge is -2.24. The molecule has 1 heterocycles. The summed E-state index contributed by atoms with van der Waals surface area (Å²) < 4.78 is -1.58. The lowest BCUT2D eigenvalue weighted by Crippen LogP contribution is -2.39. The van der Waals surface area contributed by atoms with Crippen molar-refractivity contribution in [1.82, 2.24) is 15.0 Å². The minimum Gasteiger partial charge on any atom is -0.370 e. The highest BCUT2D eigenvalue weighted by atomic mass is 35.5. The van der Waals surface area contributed by atoms with E-state index in [0.717, 1.165) is 0 Å². The van der Waals surface area contributed by atoms with Crippen LogP contribution in [0, 0.1) is 0 Å². The number of nitrogens with one attached hydrogen (secondary N) is 2. The van der Waals surface area contributed by atoms with Gasteiger partial charge in [-0.05, 0) is 25.4 Å². The topological polar surface area (TPSA) is 83.0 Å². The third kappa shape index (κ3) is 5.31. The monoisotopic (exact) mass is 347 g/mol. The van der Waals surface area contributed by atoms with Gasteiger partial charge in [-0.3, -0.25) is 0 Å². The molecule has 3 N–H and O–H groups in total. The SMILES string of the molecule is CC(C)Nc1nc(Cl)nc(NC(O)C(Cl)(Cl)CCl)n1. The summed E-state index contributed by atoms with van der Waals surface area (Å²) in [6.45, 7) is 3.82. The fourth-order valence-electron chi connectivity index (χ4n) is 1.04. The zero-order valence-corrected chi connectivity index (χ0v) is 13.2. The second-order valence-electron chi connectivity index (χ2n) is 3.99. The molecular formula is C9H13Cl4N5O. The Bertz CT molecular complexity index is 431. The van der Waals surface area contributed by atoms with Gasteiger partial charge < -0.3 is 15.7 Å². The van der Waals surface area contributed by atoms with Crippen LogP contribution in [0.2, 0.25) is 5.28 Å². The van der Waals surface area contributed by atoms with Crippen molar-refractivity contribution in [2.24, 2.45) is 0 Å². The molecule has 0 aliphatic rings. The van der Waals surface area contributed by atoms with E-state index < -0.39 is 10.6 Å². The molecule has 0 aromatic carbocycles. The number of nitrogens with zero attached hydrogens (tertiary/aromatic N) is 3. The van der Waals surface area contributed by atoms with E-state index in [0.29, 0.717) is 0 Å². The number of halogens is 4. The van der Waals surface area contributed by atoms with Gasteiger partial charge in [-0.1, -0.05) is 23.2 Å². The summed E-state index contributed by atoms with van der Waals surface area (Å²) in [5, 5.41) is 15.2. The minimum atomic E-state index is -1.58. The van der Waals surface area contributed by atoms with E-state index in [1.165, 1.54) is 0 Å². The number of alkyl halides is 3. The van der Waals surface area contributed by atoms with E-state index in [1.54, 1.807) is 0 Å². The summed E-state index contributed by atoms with van der Waals surface area (Å²) in [7, 11) is 0. The summed E-state index contributed by atoms with van der Waals surface area (Å²) >= 11 is 22.9. The highest BCUT2D eigenvalue weighted by Crippen LogP contribution is 2.27. The van der Waals surface area contributed by atoms with Gasteiger partial charge in [0.1, 0.15) is 0 Å². The van der Waals surface area contributed by atoms with E-state index in [9.17, 15) is 5.11 Å². The highest BCUT2D eigenvalue weighted by Gasteiger charge is 2.33. The Kier molecular flexibility index (Phi) is 6.14. The lowest BCUT2D eigenvalue weighted by atomic mass is 10.4. The zero-order chi connectivity index (χ0) is 14.6. The number of aliphatic hydroxyl groups excluding tert-OH is 1. The first-order valence-corrected chi connectivity index (χ1v) is 6.98. The third-order valence-corrected chi connectivity index (χ3v) is 3.41. The maximum Gasteiger partial charge on any atom is 0.230 e. The fourth-order valence-corrected chi connectivity index (χ4v) is 1.45. The van der Waals surface area contributed by atoms with Crippen LogP contribution in [0.15, 0.2) is 0 Å². The lowest BCUT2D eigenvalue weighted by molar-refractivity contribution is 0.190. The molecule has 6 nitrogen and oxygen atoms in total. The van der Waals surface area contributed by atoms with Crippen molar-refractivity contribution < 1.29 is 5.11 Å². The summed E-state index contributed by atoms with van der Waals surface area (Å²) in [6.07, 6.45) is -1.36. The first kappa shape index (κ1) is 16.8. The van der Waals surface area contributed by atoms with Crippen LogP contribution in [0.3, 0.4) is 0 Å². The molecule has 0 bridgehead atoms. The molecular weight excluding hydrogens is 336 g/mol. The quantitative estimate of drug-likeness (QED) is 0.541. The maximum atomic E-state index is 9.77. The largest absolute Gasteiger partial charge is 0.370 e. The van der Waals surface area contributed by atoms with E-state index >= 15 is 0 Å². The molecule has 1 atom stereocenters. The first-order chi connectivity index (χ1) is 8.74. The highest BCUT2D eigenvalue weighted by molar-refractivity contribution is 6.52. The average Bonchev–Trinajstić information content (AvgIpc) is 2.26. The molecule has 0 fully saturated rings. The van der Waals surface area contributed by atoms with E-state index in [2.05, 4.69) is 25.6 Å². The van der Waals surface area contributed by atoms with Crippen LogP contribution >= 0.6 is 46.4 Å². The molecule has 0 spiro atoms. The van der Waals surface area contributed by atoms with Gasteiger partial charge in [-0.15, -0.1) is 11.6 Å². The number of aromatic nitrogens is 3. The molecule has 1 aromatic rings. The van der Waals surface area contributed by atoms with E-state index in [1.807, 2.05) is 13.8 Å². The molecule has 1 rings (SSSR count). The Labute approximate surface area is 130 Å². The van der Waals surface area contributed by atoms with Gasteiger partial charge in [0.05, 0.1) is 5.88 Å². The van der Waals surface area contributed by atoms with Crippen molar-refractivity contribution in [2.75, 3.05) is 16.5 Å². The molecule has 0 saturated carbocycles. The average molecular weight is 349 g/mol. The van der Waals surface area contributed by atoms with E-state index in [-0.39, 0.29) is 29.1 Å². The standard InChI is InChI=1S/C9H13Cl4N5O/c1-4(2)14-7-16-6(11)17-8(18-7)15-5(19)9(12,13)3-10/h4-5,19H,3H2,1-2H3,(H2,14,15,16,17,18). The predicted octanol–water partition coefficient (Wildman–Crippen LogP) is 2.49. The Morgan fingerprint density at radius 1 is 1.16 bits per heavy atom. The van der Waals surface area contributed by atoms with Gasteiger partial charge in [0, 0.05) is 6.04 Å². The molecule has 0 radical (unpaired) electrons. The molecule has 0 aliphatic carbocycles. The van der Waals surface area contributed by atoms with Crippen molar-refractivity contribution in [3.63, 3.8) is 0 Å². The van der Waals surface area contributed by atoms with Crippen molar-refractivity contribution in [3.05, 3.63) is 5.28 Å². The fraction of sp³-hybridized carbons (Fsp3) is 0.667. The summed E-state index contributed by atoms with van der Waals surface area (Å²) in [5.74, 6) is 0.122. The molecule has 1 unspecified atom stereocenters. The van der Waals surface area contributed by atoms with Crippen LogP contribution in [0.25, 0.3) is 0 Å². The summed E-state index contributed by atoms with van der Waals surface area (Å²) in [5.41, 5.74) is 0. The Balaban J connectivity index is 2.86. The second-order valence-corrected chi connectivity index (χ2v) is 6.14. The normalized spacial score (nSPS) is 13.5. The summed E-state index contributed by atoms with van der Waals surface area (Å²) in [4.78, 5) is 11.7. The predicted molar refractivity (Wildman–Crippen MR) is 78.4 cm³/mol. The van der Waals surface area contributed by atoms with Crippen molar-refractivity contribution >= 4 is 58.3 Å². The van der Waals surface area contributed by atoms with Crippen LogP contribution in [0.4, 0.5) is 11.9 Å². The third-order valence-electron chi connectivity index (χ3n) is 1.87. The molecule has 0 amide bonds. The van der Waals surface area contributed by atoms with Crippen LogP contribution < -0.4 is 10.6 Å². The van der Waals surface area contributed by atoms with Crippen LogP contribution in [0.1, 0.15) is 13.8 Å². The summed E-state index contributed by atoms with van der Waals surface area (Å²) in [6, 6.07) is 0.110. The number of rotatable bonds is 6. The van der Waals surface area contributed by atoms with Crippen molar-refractivity contribution in [2.45, 2.75) is 30.5 Å². The van der Waals surface area contributed by atoms with Gasteiger partial charge >= 0.3 is 0 Å². The van der Waals surface area contributed by atoms with Gasteiger partial charge in [-0.25, -0.2) is 0 Å². The van der Waals surface area contributed by atoms with Gasteiger partial charge in [0.2, 0.25) is 17.2 Å². The molecule has 10 heteroatoms. The molecule has 0 saturated heterocycles.